The fraction of sp³-hybridized carbons (Fsp3) is 0.391. The molecule has 0 saturated carbocycles. The quantitative estimate of drug-likeness (QED) is 0.779. The van der Waals surface area contributed by atoms with E-state index in [2.05, 4.69) is 26.1 Å². The second-order valence-electron chi connectivity index (χ2n) is 8.39. The molecule has 0 bridgehead atoms. The van der Waals surface area contributed by atoms with E-state index in [-0.39, 0.29) is 23.1 Å². The Morgan fingerprint density at radius 2 is 1.54 bits per heavy atom. The molecule has 148 valence electrons. The topological polar surface area (TPSA) is 49.4 Å². The number of carbonyl (C=O) groups is 2. The predicted molar refractivity (Wildman–Crippen MR) is 114 cm³/mol. The minimum Gasteiger partial charge on any atom is -0.339 e. The van der Waals surface area contributed by atoms with Crippen LogP contribution in [0.3, 0.4) is 0 Å². The summed E-state index contributed by atoms with van der Waals surface area (Å²) in [5.41, 5.74) is 2.72. The molecule has 0 radical (unpaired) electrons. The van der Waals surface area contributed by atoms with Crippen LogP contribution in [0.15, 0.2) is 48.5 Å². The van der Waals surface area contributed by atoms with Gasteiger partial charge in [0, 0.05) is 35.3 Å². The van der Waals surface area contributed by atoms with E-state index < -0.39 is 0 Å². The molecule has 2 aromatic rings. The summed E-state index contributed by atoms with van der Waals surface area (Å²) in [6.07, 6.45) is 1.34. The third-order valence-corrected chi connectivity index (χ3v) is 5.51. The van der Waals surface area contributed by atoms with E-state index in [0.717, 1.165) is 5.69 Å². The Morgan fingerprint density at radius 1 is 0.964 bits per heavy atom. The summed E-state index contributed by atoms with van der Waals surface area (Å²) in [6, 6.07) is 15.0. The molecule has 0 aromatic heterocycles. The largest absolute Gasteiger partial charge is 0.339 e. The number of anilines is 1. The summed E-state index contributed by atoms with van der Waals surface area (Å²) in [4.78, 5) is 27.1. The first kappa shape index (κ1) is 20.4. The van der Waals surface area contributed by atoms with Crippen LogP contribution in [0.25, 0.3) is 0 Å². The average Bonchev–Trinajstić information content (AvgIpc) is 2.69. The Kier molecular flexibility index (Phi) is 6.09. The highest BCUT2D eigenvalue weighted by Gasteiger charge is 2.28. The first-order valence-corrected chi connectivity index (χ1v) is 10.1. The van der Waals surface area contributed by atoms with Crippen molar-refractivity contribution >= 4 is 29.1 Å². The van der Waals surface area contributed by atoms with Crippen molar-refractivity contribution in [3.05, 3.63) is 64.7 Å². The maximum Gasteiger partial charge on any atom is 0.253 e. The van der Waals surface area contributed by atoms with E-state index in [0.29, 0.717) is 36.5 Å². The smallest absolute Gasteiger partial charge is 0.253 e. The van der Waals surface area contributed by atoms with Crippen LogP contribution in [0.5, 0.6) is 0 Å². The van der Waals surface area contributed by atoms with Gasteiger partial charge in [0.15, 0.2) is 0 Å². The molecular weight excluding hydrogens is 372 g/mol. The summed E-state index contributed by atoms with van der Waals surface area (Å²) in [5.74, 6) is -0.0380. The highest BCUT2D eigenvalue weighted by atomic mass is 35.5. The van der Waals surface area contributed by atoms with Crippen LogP contribution < -0.4 is 5.32 Å². The second-order valence-corrected chi connectivity index (χ2v) is 8.83. The van der Waals surface area contributed by atoms with Crippen molar-refractivity contribution in [2.75, 3.05) is 18.4 Å². The first-order valence-electron chi connectivity index (χ1n) is 9.70. The number of carbonyl (C=O) groups excluding carboxylic acids is 2. The molecule has 1 heterocycles. The number of nitrogens with one attached hydrogen (secondary N) is 1. The van der Waals surface area contributed by atoms with E-state index in [9.17, 15) is 9.59 Å². The number of halogens is 1. The second kappa shape index (κ2) is 8.36. The lowest BCUT2D eigenvalue weighted by atomic mass is 9.86. The molecular formula is C23H27ClN2O2. The van der Waals surface area contributed by atoms with Gasteiger partial charge in [-0.3, -0.25) is 9.59 Å². The molecule has 1 aliphatic heterocycles. The van der Waals surface area contributed by atoms with Gasteiger partial charge >= 0.3 is 0 Å². The van der Waals surface area contributed by atoms with Crippen LogP contribution in [0, 0.1) is 5.92 Å². The summed E-state index contributed by atoms with van der Waals surface area (Å²) in [5, 5.41) is 3.57. The van der Waals surface area contributed by atoms with Gasteiger partial charge in [-0.05, 0) is 60.2 Å². The van der Waals surface area contributed by atoms with Crippen molar-refractivity contribution in [1.29, 1.82) is 0 Å². The molecule has 0 aliphatic carbocycles. The Balaban J connectivity index is 1.55. The number of rotatable bonds is 3. The molecule has 2 aromatic carbocycles. The van der Waals surface area contributed by atoms with Crippen molar-refractivity contribution in [1.82, 2.24) is 4.90 Å². The van der Waals surface area contributed by atoms with Gasteiger partial charge in [0.2, 0.25) is 5.91 Å². The van der Waals surface area contributed by atoms with Gasteiger partial charge < -0.3 is 10.2 Å². The van der Waals surface area contributed by atoms with Crippen molar-refractivity contribution in [2.45, 2.75) is 39.0 Å². The SMILES string of the molecule is CC(C)(C)c1ccc(C(=O)N2CCC(C(=O)Nc3ccc(Cl)cc3)CC2)cc1. The number of nitrogens with zero attached hydrogens (tertiary/aromatic N) is 1. The number of amides is 2. The number of hydrogen-bond donors (Lipinski definition) is 1. The van der Waals surface area contributed by atoms with Crippen molar-refractivity contribution in [2.24, 2.45) is 5.92 Å². The van der Waals surface area contributed by atoms with Crippen LogP contribution >= 0.6 is 11.6 Å². The van der Waals surface area contributed by atoms with E-state index in [1.807, 2.05) is 29.2 Å². The van der Waals surface area contributed by atoms with Crippen LogP contribution in [0.4, 0.5) is 5.69 Å². The molecule has 2 amide bonds. The van der Waals surface area contributed by atoms with Crippen molar-refractivity contribution in [3.63, 3.8) is 0 Å². The van der Waals surface area contributed by atoms with Gasteiger partial charge in [-0.1, -0.05) is 44.5 Å². The van der Waals surface area contributed by atoms with Crippen LogP contribution in [-0.4, -0.2) is 29.8 Å². The lowest BCUT2D eigenvalue weighted by molar-refractivity contribution is -0.121. The van der Waals surface area contributed by atoms with Crippen LogP contribution in [0.1, 0.15) is 49.5 Å². The monoisotopic (exact) mass is 398 g/mol. The summed E-state index contributed by atoms with van der Waals surface area (Å²) in [6.45, 7) is 7.66. The number of hydrogen-bond acceptors (Lipinski definition) is 2. The van der Waals surface area contributed by atoms with E-state index >= 15 is 0 Å². The highest BCUT2D eigenvalue weighted by Crippen LogP contribution is 2.24. The molecule has 1 saturated heterocycles. The summed E-state index contributed by atoms with van der Waals surface area (Å²) in [7, 11) is 0. The standard InChI is InChI=1S/C23H27ClN2O2/c1-23(2,3)18-6-4-17(5-7-18)22(28)26-14-12-16(13-15-26)21(27)25-20-10-8-19(24)9-11-20/h4-11,16H,12-15H2,1-3H3,(H,25,27). The van der Waals surface area contributed by atoms with E-state index in [1.54, 1.807) is 24.3 Å². The molecule has 0 spiro atoms. The molecule has 1 aliphatic rings. The molecule has 0 atom stereocenters. The molecule has 5 heteroatoms. The molecule has 1 fully saturated rings. The summed E-state index contributed by atoms with van der Waals surface area (Å²) >= 11 is 5.87. The van der Waals surface area contributed by atoms with Crippen molar-refractivity contribution in [3.8, 4) is 0 Å². The zero-order valence-electron chi connectivity index (χ0n) is 16.7. The number of benzene rings is 2. The number of piperidine rings is 1. The first-order chi connectivity index (χ1) is 13.2. The van der Waals surface area contributed by atoms with E-state index in [4.69, 9.17) is 11.6 Å². The van der Waals surface area contributed by atoms with Crippen molar-refractivity contribution < 1.29 is 9.59 Å². The minimum atomic E-state index is -0.0806. The Hall–Kier alpha value is -2.33. The maximum absolute atomic E-state index is 12.8. The summed E-state index contributed by atoms with van der Waals surface area (Å²) < 4.78 is 0. The Morgan fingerprint density at radius 3 is 2.07 bits per heavy atom. The zero-order chi connectivity index (χ0) is 20.3. The Bertz CT molecular complexity index is 830. The zero-order valence-corrected chi connectivity index (χ0v) is 17.4. The molecule has 3 rings (SSSR count). The highest BCUT2D eigenvalue weighted by molar-refractivity contribution is 6.30. The molecule has 0 unspecified atom stereocenters. The third-order valence-electron chi connectivity index (χ3n) is 5.26. The van der Waals surface area contributed by atoms with Gasteiger partial charge in [0.05, 0.1) is 0 Å². The van der Waals surface area contributed by atoms with Gasteiger partial charge in [-0.2, -0.15) is 0 Å². The lowest BCUT2D eigenvalue weighted by Gasteiger charge is -2.31. The van der Waals surface area contributed by atoms with Crippen LogP contribution in [0.2, 0.25) is 5.02 Å². The normalized spacial score (nSPS) is 15.4. The fourth-order valence-electron chi connectivity index (χ4n) is 3.42. The predicted octanol–water partition coefficient (Wildman–Crippen LogP) is 5.13. The average molecular weight is 399 g/mol. The van der Waals surface area contributed by atoms with Gasteiger partial charge in [0.25, 0.3) is 5.91 Å². The molecule has 1 N–H and O–H groups in total. The van der Waals surface area contributed by atoms with Gasteiger partial charge in [0.1, 0.15) is 0 Å². The van der Waals surface area contributed by atoms with Gasteiger partial charge in [-0.25, -0.2) is 0 Å². The molecule has 28 heavy (non-hydrogen) atoms. The Labute approximate surface area is 171 Å². The third kappa shape index (κ3) is 4.93. The van der Waals surface area contributed by atoms with E-state index in [1.165, 1.54) is 5.56 Å². The van der Waals surface area contributed by atoms with Gasteiger partial charge in [-0.15, -0.1) is 0 Å². The molecule has 4 nitrogen and oxygen atoms in total. The fourth-order valence-corrected chi connectivity index (χ4v) is 3.54. The maximum atomic E-state index is 12.8. The lowest BCUT2D eigenvalue weighted by Crippen LogP contribution is -2.41. The minimum absolute atomic E-state index is 0.00366. The van der Waals surface area contributed by atoms with Crippen LogP contribution in [-0.2, 0) is 10.2 Å². The number of likely N-dealkylation sites (tertiary alicyclic amines) is 1.